The second-order valence-corrected chi connectivity index (χ2v) is 4.89. The summed E-state index contributed by atoms with van der Waals surface area (Å²) in [7, 11) is 0. The number of Topliss-reactive ketones (excluding diaryl/α,β-unsaturated/α-hetero) is 1. The first-order chi connectivity index (χ1) is 8.18. The molecule has 2 rings (SSSR count). The SMILES string of the molecule is CC(=O)C(C)Sc1nnnn1-c1ccccc1. The van der Waals surface area contributed by atoms with Crippen molar-refractivity contribution in [2.75, 3.05) is 0 Å². The van der Waals surface area contributed by atoms with Gasteiger partial charge in [-0.05, 0) is 36.4 Å². The lowest BCUT2D eigenvalue weighted by Gasteiger charge is -2.07. The maximum absolute atomic E-state index is 11.2. The molecule has 0 saturated heterocycles. The van der Waals surface area contributed by atoms with E-state index in [2.05, 4.69) is 15.5 Å². The van der Waals surface area contributed by atoms with E-state index in [1.54, 1.807) is 11.6 Å². The van der Waals surface area contributed by atoms with Crippen LogP contribution in [0.2, 0.25) is 0 Å². The van der Waals surface area contributed by atoms with E-state index in [1.165, 1.54) is 11.8 Å². The lowest BCUT2D eigenvalue weighted by molar-refractivity contribution is -0.116. The fourth-order valence-corrected chi connectivity index (χ4v) is 2.03. The molecule has 1 atom stereocenters. The van der Waals surface area contributed by atoms with Gasteiger partial charge in [0.15, 0.2) is 0 Å². The third kappa shape index (κ3) is 2.71. The number of tetrazole rings is 1. The number of rotatable bonds is 4. The molecule has 1 aromatic carbocycles. The van der Waals surface area contributed by atoms with E-state index in [1.807, 2.05) is 37.3 Å². The Morgan fingerprint density at radius 2 is 2.06 bits per heavy atom. The van der Waals surface area contributed by atoms with E-state index >= 15 is 0 Å². The Hall–Kier alpha value is -1.69. The lowest BCUT2D eigenvalue weighted by Crippen LogP contribution is -2.10. The largest absolute Gasteiger partial charge is 0.299 e. The van der Waals surface area contributed by atoms with Crippen LogP contribution in [0.5, 0.6) is 0 Å². The van der Waals surface area contributed by atoms with Gasteiger partial charge in [0, 0.05) is 0 Å². The molecule has 0 aliphatic carbocycles. The molecule has 0 spiro atoms. The van der Waals surface area contributed by atoms with Crippen molar-refractivity contribution in [2.24, 2.45) is 0 Å². The van der Waals surface area contributed by atoms with Crippen LogP contribution >= 0.6 is 11.8 Å². The van der Waals surface area contributed by atoms with Gasteiger partial charge in [-0.3, -0.25) is 4.79 Å². The van der Waals surface area contributed by atoms with Crippen LogP contribution in [-0.4, -0.2) is 31.2 Å². The third-order valence-electron chi connectivity index (χ3n) is 2.30. The molecule has 0 bridgehead atoms. The quantitative estimate of drug-likeness (QED) is 0.771. The number of carbonyl (C=O) groups is 1. The van der Waals surface area contributed by atoms with Crippen LogP contribution in [0.4, 0.5) is 0 Å². The Balaban J connectivity index is 2.26. The number of nitrogens with zero attached hydrogens (tertiary/aromatic N) is 4. The number of benzene rings is 1. The van der Waals surface area contributed by atoms with Crippen molar-refractivity contribution in [3.05, 3.63) is 30.3 Å². The van der Waals surface area contributed by atoms with Crippen molar-refractivity contribution in [1.29, 1.82) is 0 Å². The summed E-state index contributed by atoms with van der Waals surface area (Å²) in [6, 6.07) is 9.59. The highest BCUT2D eigenvalue weighted by Crippen LogP contribution is 2.22. The molecule has 0 aliphatic rings. The highest BCUT2D eigenvalue weighted by molar-refractivity contribution is 8.00. The third-order valence-corrected chi connectivity index (χ3v) is 3.45. The van der Waals surface area contributed by atoms with E-state index in [-0.39, 0.29) is 11.0 Å². The summed E-state index contributed by atoms with van der Waals surface area (Å²) in [5.41, 5.74) is 0.885. The van der Waals surface area contributed by atoms with Gasteiger partial charge in [-0.1, -0.05) is 30.0 Å². The molecule has 0 N–H and O–H groups in total. The predicted molar refractivity (Wildman–Crippen MR) is 65.2 cm³/mol. The van der Waals surface area contributed by atoms with E-state index in [0.717, 1.165) is 5.69 Å². The smallest absolute Gasteiger partial charge is 0.214 e. The summed E-state index contributed by atoms with van der Waals surface area (Å²) >= 11 is 1.36. The van der Waals surface area contributed by atoms with Gasteiger partial charge in [-0.25, -0.2) is 0 Å². The number of carbonyl (C=O) groups excluding carboxylic acids is 1. The number of para-hydroxylation sites is 1. The molecule has 0 fully saturated rings. The molecular formula is C11H12N4OS. The molecule has 1 heterocycles. The first kappa shape index (κ1) is 11.8. The maximum Gasteiger partial charge on any atom is 0.214 e. The zero-order valence-electron chi connectivity index (χ0n) is 9.57. The number of hydrogen-bond acceptors (Lipinski definition) is 5. The summed E-state index contributed by atoms with van der Waals surface area (Å²) in [5, 5.41) is 12.0. The molecule has 1 unspecified atom stereocenters. The molecular weight excluding hydrogens is 236 g/mol. The fourth-order valence-electron chi connectivity index (χ4n) is 1.22. The topological polar surface area (TPSA) is 60.7 Å². The van der Waals surface area contributed by atoms with Gasteiger partial charge >= 0.3 is 0 Å². The molecule has 5 nitrogen and oxygen atoms in total. The van der Waals surface area contributed by atoms with Crippen LogP contribution in [-0.2, 0) is 4.79 Å². The van der Waals surface area contributed by atoms with Gasteiger partial charge in [-0.15, -0.1) is 5.10 Å². The summed E-state index contributed by atoms with van der Waals surface area (Å²) in [5.74, 6) is 0.109. The van der Waals surface area contributed by atoms with Gasteiger partial charge in [-0.2, -0.15) is 4.68 Å². The Labute approximate surface area is 103 Å². The van der Waals surface area contributed by atoms with E-state index in [9.17, 15) is 4.79 Å². The molecule has 0 amide bonds. The van der Waals surface area contributed by atoms with Gasteiger partial charge in [0.1, 0.15) is 5.78 Å². The second-order valence-electron chi connectivity index (χ2n) is 3.58. The first-order valence-electron chi connectivity index (χ1n) is 5.19. The van der Waals surface area contributed by atoms with Gasteiger partial charge in [0.25, 0.3) is 0 Å². The molecule has 0 aliphatic heterocycles. The van der Waals surface area contributed by atoms with Crippen LogP contribution in [0.25, 0.3) is 5.69 Å². The minimum Gasteiger partial charge on any atom is -0.299 e. The normalized spacial score (nSPS) is 12.4. The molecule has 88 valence electrons. The second kappa shape index (κ2) is 5.09. The number of ketones is 1. The monoisotopic (exact) mass is 248 g/mol. The van der Waals surface area contributed by atoms with E-state index < -0.39 is 0 Å². The van der Waals surface area contributed by atoms with Crippen molar-refractivity contribution in [3.8, 4) is 5.69 Å². The summed E-state index contributed by atoms with van der Waals surface area (Å²) < 4.78 is 1.63. The molecule has 0 radical (unpaired) electrons. The molecule has 0 saturated carbocycles. The van der Waals surface area contributed by atoms with Crippen molar-refractivity contribution in [2.45, 2.75) is 24.3 Å². The minimum atomic E-state index is -0.150. The van der Waals surface area contributed by atoms with Crippen LogP contribution in [0.15, 0.2) is 35.5 Å². The Morgan fingerprint density at radius 3 is 2.71 bits per heavy atom. The highest BCUT2D eigenvalue weighted by Gasteiger charge is 2.15. The average molecular weight is 248 g/mol. The van der Waals surface area contributed by atoms with E-state index in [4.69, 9.17) is 0 Å². The zero-order chi connectivity index (χ0) is 12.3. The maximum atomic E-state index is 11.2. The number of aromatic nitrogens is 4. The lowest BCUT2D eigenvalue weighted by atomic mass is 10.3. The Bertz CT molecular complexity index is 511. The van der Waals surface area contributed by atoms with Crippen LogP contribution in [0.1, 0.15) is 13.8 Å². The van der Waals surface area contributed by atoms with Crippen molar-refractivity contribution in [3.63, 3.8) is 0 Å². The van der Waals surface area contributed by atoms with Crippen LogP contribution in [0.3, 0.4) is 0 Å². The van der Waals surface area contributed by atoms with Gasteiger partial charge in [0.05, 0.1) is 10.9 Å². The van der Waals surface area contributed by atoms with Crippen LogP contribution < -0.4 is 0 Å². The Morgan fingerprint density at radius 1 is 1.35 bits per heavy atom. The van der Waals surface area contributed by atoms with Crippen molar-refractivity contribution < 1.29 is 4.79 Å². The zero-order valence-corrected chi connectivity index (χ0v) is 10.4. The standard InChI is InChI=1S/C11H12N4OS/c1-8(16)9(2)17-11-12-13-14-15(11)10-6-4-3-5-7-10/h3-7,9H,1-2H3. The van der Waals surface area contributed by atoms with Gasteiger partial charge < -0.3 is 0 Å². The first-order valence-corrected chi connectivity index (χ1v) is 6.07. The molecule has 2 aromatic rings. The predicted octanol–water partition coefficient (Wildman–Crippen LogP) is 1.73. The summed E-state index contributed by atoms with van der Waals surface area (Å²) in [4.78, 5) is 11.2. The molecule has 6 heteroatoms. The fraction of sp³-hybridized carbons (Fsp3) is 0.273. The molecule has 17 heavy (non-hydrogen) atoms. The number of hydrogen-bond donors (Lipinski definition) is 0. The molecule has 1 aromatic heterocycles. The Kier molecular flexibility index (Phi) is 3.53. The van der Waals surface area contributed by atoms with Gasteiger partial charge in [0.2, 0.25) is 5.16 Å². The summed E-state index contributed by atoms with van der Waals surface area (Å²) in [6.45, 7) is 3.41. The minimum absolute atomic E-state index is 0.109. The van der Waals surface area contributed by atoms with Crippen LogP contribution in [0, 0.1) is 0 Å². The summed E-state index contributed by atoms with van der Waals surface area (Å²) in [6.07, 6.45) is 0. The number of thioether (sulfide) groups is 1. The highest BCUT2D eigenvalue weighted by atomic mass is 32.2. The van der Waals surface area contributed by atoms with Crippen molar-refractivity contribution in [1.82, 2.24) is 20.2 Å². The van der Waals surface area contributed by atoms with Crippen molar-refractivity contribution >= 4 is 17.5 Å². The average Bonchev–Trinajstić information content (AvgIpc) is 2.78. The van der Waals surface area contributed by atoms with E-state index in [0.29, 0.717) is 5.16 Å².